The first kappa shape index (κ1) is 19.7. The standard InChI is InChI=1S/C21H20N2O4/c1-15(16-8-4-3-5-9-16)23-21(25)18(13-22)12-17-10-6-7-11-19(17)27-14-20(24)26-2/h3-12,15H,14H2,1-2H3,(H,23,25)/b18-12-/t15-/m0/s1. The fourth-order valence-corrected chi connectivity index (χ4v) is 2.33. The Kier molecular flexibility index (Phi) is 7.15. The molecule has 138 valence electrons. The highest BCUT2D eigenvalue weighted by Crippen LogP contribution is 2.21. The quantitative estimate of drug-likeness (QED) is 0.463. The van der Waals surface area contributed by atoms with E-state index in [1.165, 1.54) is 13.2 Å². The van der Waals surface area contributed by atoms with E-state index in [0.29, 0.717) is 11.3 Å². The molecule has 0 aliphatic rings. The molecule has 0 bridgehead atoms. The van der Waals surface area contributed by atoms with E-state index < -0.39 is 11.9 Å². The van der Waals surface area contributed by atoms with Crippen LogP contribution in [0.4, 0.5) is 0 Å². The van der Waals surface area contributed by atoms with Crippen LogP contribution in [0.2, 0.25) is 0 Å². The summed E-state index contributed by atoms with van der Waals surface area (Å²) in [6.07, 6.45) is 1.43. The highest BCUT2D eigenvalue weighted by atomic mass is 16.6. The molecule has 27 heavy (non-hydrogen) atoms. The summed E-state index contributed by atoms with van der Waals surface area (Å²) in [5.74, 6) is -0.639. The number of methoxy groups -OCH3 is 1. The average Bonchev–Trinajstić information content (AvgIpc) is 2.71. The molecule has 0 fully saturated rings. The van der Waals surface area contributed by atoms with Gasteiger partial charge >= 0.3 is 5.97 Å². The number of hydrogen-bond acceptors (Lipinski definition) is 5. The maximum Gasteiger partial charge on any atom is 0.343 e. The number of benzene rings is 2. The Morgan fingerprint density at radius 2 is 1.81 bits per heavy atom. The molecule has 0 heterocycles. The molecular formula is C21H20N2O4. The molecule has 2 aromatic carbocycles. The summed E-state index contributed by atoms with van der Waals surface area (Å²) >= 11 is 0. The fourth-order valence-electron chi connectivity index (χ4n) is 2.33. The van der Waals surface area contributed by atoms with Crippen LogP contribution in [0.15, 0.2) is 60.2 Å². The Labute approximate surface area is 158 Å². The van der Waals surface area contributed by atoms with E-state index in [1.807, 2.05) is 43.3 Å². The van der Waals surface area contributed by atoms with Crippen molar-refractivity contribution in [2.45, 2.75) is 13.0 Å². The van der Waals surface area contributed by atoms with Crippen molar-refractivity contribution in [2.24, 2.45) is 0 Å². The third-order valence-electron chi connectivity index (χ3n) is 3.80. The van der Waals surface area contributed by atoms with E-state index in [9.17, 15) is 14.9 Å². The largest absolute Gasteiger partial charge is 0.481 e. The van der Waals surface area contributed by atoms with Crippen molar-refractivity contribution in [3.63, 3.8) is 0 Å². The first-order valence-electron chi connectivity index (χ1n) is 8.31. The van der Waals surface area contributed by atoms with Gasteiger partial charge in [-0.05, 0) is 24.6 Å². The van der Waals surface area contributed by atoms with Gasteiger partial charge in [0.05, 0.1) is 13.2 Å². The van der Waals surface area contributed by atoms with E-state index in [0.717, 1.165) is 5.56 Å². The van der Waals surface area contributed by atoms with Crippen molar-refractivity contribution in [2.75, 3.05) is 13.7 Å². The van der Waals surface area contributed by atoms with Crippen LogP contribution in [0.1, 0.15) is 24.1 Å². The molecule has 0 saturated carbocycles. The lowest BCUT2D eigenvalue weighted by atomic mass is 10.1. The van der Waals surface area contributed by atoms with Gasteiger partial charge in [-0.25, -0.2) is 4.79 Å². The number of para-hydroxylation sites is 1. The molecule has 6 heteroatoms. The van der Waals surface area contributed by atoms with Gasteiger partial charge in [-0.1, -0.05) is 48.5 Å². The lowest BCUT2D eigenvalue weighted by Crippen LogP contribution is -2.27. The van der Waals surface area contributed by atoms with Crippen LogP contribution in [0.3, 0.4) is 0 Å². The van der Waals surface area contributed by atoms with Crippen molar-refractivity contribution in [1.29, 1.82) is 5.26 Å². The van der Waals surface area contributed by atoms with E-state index in [4.69, 9.17) is 4.74 Å². The molecule has 2 rings (SSSR count). The van der Waals surface area contributed by atoms with Gasteiger partial charge in [0, 0.05) is 5.56 Å². The predicted octanol–water partition coefficient (Wildman–Crippen LogP) is 3.02. The third kappa shape index (κ3) is 5.72. The van der Waals surface area contributed by atoms with E-state index >= 15 is 0 Å². The number of nitrogens with one attached hydrogen (secondary N) is 1. The van der Waals surface area contributed by atoms with Gasteiger partial charge in [0.15, 0.2) is 6.61 Å². The second-order valence-corrected chi connectivity index (χ2v) is 5.68. The van der Waals surface area contributed by atoms with E-state index in [-0.39, 0.29) is 18.2 Å². The van der Waals surface area contributed by atoms with Gasteiger partial charge in [0.1, 0.15) is 17.4 Å². The second-order valence-electron chi connectivity index (χ2n) is 5.68. The van der Waals surface area contributed by atoms with Crippen LogP contribution in [0.25, 0.3) is 6.08 Å². The zero-order chi connectivity index (χ0) is 19.6. The molecule has 0 aliphatic carbocycles. The van der Waals surface area contributed by atoms with Crippen LogP contribution in [-0.4, -0.2) is 25.6 Å². The van der Waals surface area contributed by atoms with Gasteiger partial charge in [-0.3, -0.25) is 4.79 Å². The van der Waals surface area contributed by atoms with Gasteiger partial charge in [-0.2, -0.15) is 5.26 Å². The molecule has 0 aromatic heterocycles. The van der Waals surface area contributed by atoms with Crippen molar-refractivity contribution >= 4 is 18.0 Å². The molecule has 0 unspecified atom stereocenters. The van der Waals surface area contributed by atoms with E-state index in [2.05, 4.69) is 10.1 Å². The summed E-state index contributed by atoms with van der Waals surface area (Å²) in [5, 5.41) is 12.2. The molecule has 0 radical (unpaired) electrons. The molecule has 6 nitrogen and oxygen atoms in total. The van der Waals surface area contributed by atoms with Gasteiger partial charge in [-0.15, -0.1) is 0 Å². The van der Waals surface area contributed by atoms with Crippen molar-refractivity contribution < 1.29 is 19.1 Å². The molecule has 0 saturated heterocycles. The summed E-state index contributed by atoms with van der Waals surface area (Å²) in [6.45, 7) is 1.58. The molecule has 1 atom stereocenters. The number of amides is 1. The van der Waals surface area contributed by atoms with Crippen molar-refractivity contribution in [1.82, 2.24) is 5.32 Å². The first-order valence-corrected chi connectivity index (χ1v) is 8.31. The lowest BCUT2D eigenvalue weighted by Gasteiger charge is -2.14. The van der Waals surface area contributed by atoms with Crippen molar-refractivity contribution in [3.05, 3.63) is 71.3 Å². The summed E-state index contributed by atoms with van der Waals surface area (Å²) < 4.78 is 9.95. The van der Waals surface area contributed by atoms with Gasteiger partial charge in [0.25, 0.3) is 5.91 Å². The number of nitriles is 1. The monoisotopic (exact) mass is 364 g/mol. The Morgan fingerprint density at radius 1 is 1.15 bits per heavy atom. The number of rotatable bonds is 7. The molecule has 2 aromatic rings. The Morgan fingerprint density at radius 3 is 2.48 bits per heavy atom. The number of nitrogens with zero attached hydrogens (tertiary/aromatic N) is 1. The molecule has 0 spiro atoms. The summed E-state index contributed by atoms with van der Waals surface area (Å²) in [6, 6.07) is 17.9. The lowest BCUT2D eigenvalue weighted by molar-refractivity contribution is -0.142. The summed E-state index contributed by atoms with van der Waals surface area (Å²) in [7, 11) is 1.27. The minimum Gasteiger partial charge on any atom is -0.481 e. The smallest absolute Gasteiger partial charge is 0.343 e. The second kappa shape index (κ2) is 9.78. The average molecular weight is 364 g/mol. The van der Waals surface area contributed by atoms with Crippen LogP contribution >= 0.6 is 0 Å². The minimum atomic E-state index is -0.524. The van der Waals surface area contributed by atoms with E-state index in [1.54, 1.807) is 24.3 Å². The molecule has 0 aliphatic heterocycles. The predicted molar refractivity (Wildman–Crippen MR) is 101 cm³/mol. The summed E-state index contributed by atoms with van der Waals surface area (Å²) in [5.41, 5.74) is 1.39. The number of carbonyl (C=O) groups excluding carboxylic acids is 2. The van der Waals surface area contributed by atoms with Crippen LogP contribution in [-0.2, 0) is 14.3 Å². The summed E-state index contributed by atoms with van der Waals surface area (Å²) in [4.78, 5) is 23.7. The molecule has 1 N–H and O–H groups in total. The number of esters is 1. The van der Waals surface area contributed by atoms with Crippen LogP contribution in [0, 0.1) is 11.3 Å². The van der Waals surface area contributed by atoms with Crippen LogP contribution in [0.5, 0.6) is 5.75 Å². The topological polar surface area (TPSA) is 88.4 Å². The maximum atomic E-state index is 12.5. The first-order chi connectivity index (χ1) is 13.0. The van der Waals surface area contributed by atoms with Gasteiger partial charge < -0.3 is 14.8 Å². The third-order valence-corrected chi connectivity index (χ3v) is 3.80. The van der Waals surface area contributed by atoms with Crippen molar-refractivity contribution in [3.8, 4) is 11.8 Å². The minimum absolute atomic E-state index is 0.0631. The number of hydrogen-bond donors (Lipinski definition) is 1. The Balaban J connectivity index is 2.17. The highest BCUT2D eigenvalue weighted by molar-refractivity contribution is 6.02. The zero-order valence-electron chi connectivity index (χ0n) is 15.1. The molecule has 1 amide bonds. The molecular weight excluding hydrogens is 344 g/mol. The number of carbonyl (C=O) groups is 2. The highest BCUT2D eigenvalue weighted by Gasteiger charge is 2.15. The Bertz CT molecular complexity index is 869. The zero-order valence-corrected chi connectivity index (χ0v) is 15.1. The number of ether oxygens (including phenoxy) is 2. The SMILES string of the molecule is COC(=O)COc1ccccc1/C=C(/C#N)C(=O)N[C@@H](C)c1ccccc1. The fraction of sp³-hybridized carbons (Fsp3) is 0.190. The Hall–Kier alpha value is -3.59. The van der Waals surface area contributed by atoms with Gasteiger partial charge in [0.2, 0.25) is 0 Å². The van der Waals surface area contributed by atoms with Crippen LogP contribution < -0.4 is 10.1 Å². The normalized spacial score (nSPS) is 11.8. The maximum absolute atomic E-state index is 12.5.